The minimum absolute atomic E-state index is 0.0428. The van der Waals surface area contributed by atoms with E-state index < -0.39 is 5.97 Å². The van der Waals surface area contributed by atoms with E-state index in [1.807, 2.05) is 0 Å². The lowest BCUT2D eigenvalue weighted by Crippen LogP contribution is -2.53. The molecule has 2 atom stereocenters. The van der Waals surface area contributed by atoms with Crippen LogP contribution in [0, 0.1) is 17.3 Å². The van der Waals surface area contributed by atoms with Crippen LogP contribution in [-0.4, -0.2) is 21.3 Å². The van der Waals surface area contributed by atoms with Crippen molar-refractivity contribution in [3.63, 3.8) is 0 Å². The highest BCUT2D eigenvalue weighted by Gasteiger charge is 2.58. The smallest absolute Gasteiger partial charge is 0.328 e. The second-order valence-corrected chi connectivity index (χ2v) is 7.67. The van der Waals surface area contributed by atoms with Gasteiger partial charge in [-0.15, -0.1) is 10.2 Å². The van der Waals surface area contributed by atoms with E-state index in [-0.39, 0.29) is 5.41 Å². The lowest BCUT2D eigenvalue weighted by molar-refractivity contribution is -0.131. The highest BCUT2D eigenvalue weighted by molar-refractivity contribution is 5.84. The number of aromatic nitrogens is 2. The minimum atomic E-state index is -1.00. The number of aliphatic carboxylic acids is 1. The van der Waals surface area contributed by atoms with Gasteiger partial charge in [-0.05, 0) is 55.8 Å². The second kappa shape index (κ2) is 4.18. The van der Waals surface area contributed by atoms with Gasteiger partial charge in [0.2, 0.25) is 11.8 Å². The summed E-state index contributed by atoms with van der Waals surface area (Å²) in [7, 11) is 0. The number of carbonyl (C=O) groups is 1. The maximum absolute atomic E-state index is 10.6. The molecule has 4 fully saturated rings. The van der Waals surface area contributed by atoms with E-state index in [2.05, 4.69) is 17.1 Å². The average molecular weight is 288 g/mol. The van der Waals surface area contributed by atoms with Crippen molar-refractivity contribution in [2.45, 2.75) is 50.9 Å². The number of carboxylic acid groups (broad SMARTS) is 1. The van der Waals surface area contributed by atoms with Gasteiger partial charge in [0.25, 0.3) is 0 Å². The normalized spacial score (nSPS) is 41.0. The zero-order valence-corrected chi connectivity index (χ0v) is 12.2. The van der Waals surface area contributed by atoms with Crippen molar-refractivity contribution in [1.29, 1.82) is 0 Å². The molecular weight excluding hydrogens is 268 g/mol. The van der Waals surface area contributed by atoms with Crippen LogP contribution in [0.2, 0.25) is 0 Å². The number of nitrogens with zero attached hydrogens (tertiary/aromatic N) is 2. The van der Waals surface area contributed by atoms with Crippen LogP contribution in [-0.2, 0) is 10.2 Å². The van der Waals surface area contributed by atoms with Crippen molar-refractivity contribution in [3.8, 4) is 0 Å². The van der Waals surface area contributed by atoms with Crippen LogP contribution in [0.4, 0.5) is 0 Å². The molecule has 1 aromatic rings. The molecule has 112 valence electrons. The monoisotopic (exact) mass is 288 g/mol. The third kappa shape index (κ3) is 2.10. The predicted molar refractivity (Wildman–Crippen MR) is 75.4 cm³/mol. The van der Waals surface area contributed by atoms with Gasteiger partial charge in [-0.3, -0.25) is 0 Å². The van der Waals surface area contributed by atoms with Crippen molar-refractivity contribution >= 4 is 12.0 Å². The van der Waals surface area contributed by atoms with Crippen molar-refractivity contribution < 1.29 is 14.3 Å². The summed E-state index contributed by atoms with van der Waals surface area (Å²) in [4.78, 5) is 10.6. The van der Waals surface area contributed by atoms with Crippen LogP contribution < -0.4 is 0 Å². The fourth-order valence-electron chi connectivity index (χ4n) is 5.63. The van der Waals surface area contributed by atoms with Crippen LogP contribution in [0.15, 0.2) is 10.5 Å². The lowest BCUT2D eigenvalue weighted by atomic mass is 9.44. The molecule has 0 aromatic carbocycles. The van der Waals surface area contributed by atoms with E-state index in [4.69, 9.17) is 9.52 Å². The molecule has 1 aromatic heterocycles. The van der Waals surface area contributed by atoms with Crippen molar-refractivity contribution in [3.05, 3.63) is 17.9 Å². The Labute approximate surface area is 123 Å². The van der Waals surface area contributed by atoms with E-state index >= 15 is 0 Å². The fraction of sp³-hybridized carbons (Fsp3) is 0.688. The van der Waals surface area contributed by atoms with Crippen LogP contribution in [0.5, 0.6) is 0 Å². The first-order valence-electron chi connectivity index (χ1n) is 7.71. The summed E-state index contributed by atoms with van der Waals surface area (Å²) in [5, 5.41) is 16.9. The van der Waals surface area contributed by atoms with E-state index in [1.54, 1.807) is 0 Å². The standard InChI is InChI=1S/C16H20N2O3/c1-15-5-10-4-11(6-15)8-16(7-10,9-15)14-18-17-12(21-14)2-3-13(19)20/h2-3,10-11H,4-9H2,1H3,(H,19,20)/b3-2+. The van der Waals surface area contributed by atoms with Gasteiger partial charge in [0.1, 0.15) is 0 Å². The van der Waals surface area contributed by atoms with Crippen LogP contribution in [0.3, 0.4) is 0 Å². The van der Waals surface area contributed by atoms with Gasteiger partial charge in [0.05, 0.1) is 0 Å². The van der Waals surface area contributed by atoms with Gasteiger partial charge in [-0.2, -0.15) is 0 Å². The summed E-state index contributed by atoms with van der Waals surface area (Å²) >= 11 is 0. The summed E-state index contributed by atoms with van der Waals surface area (Å²) < 4.78 is 5.79. The Kier molecular flexibility index (Phi) is 2.60. The van der Waals surface area contributed by atoms with Crippen molar-refractivity contribution in [2.24, 2.45) is 17.3 Å². The van der Waals surface area contributed by atoms with E-state index in [1.165, 1.54) is 25.3 Å². The molecule has 2 unspecified atom stereocenters. The zero-order valence-electron chi connectivity index (χ0n) is 12.2. The molecule has 4 aliphatic carbocycles. The minimum Gasteiger partial charge on any atom is -0.478 e. The fourth-order valence-corrected chi connectivity index (χ4v) is 5.63. The number of hydrogen-bond donors (Lipinski definition) is 1. The maximum Gasteiger partial charge on any atom is 0.328 e. The molecule has 5 rings (SSSR count). The number of carboxylic acids is 1. The molecule has 4 saturated carbocycles. The Morgan fingerprint density at radius 1 is 1.29 bits per heavy atom. The Morgan fingerprint density at radius 3 is 2.62 bits per heavy atom. The lowest BCUT2D eigenvalue weighted by Gasteiger charge is -2.60. The van der Waals surface area contributed by atoms with E-state index in [0.717, 1.165) is 43.1 Å². The summed E-state index contributed by atoms with van der Waals surface area (Å²) in [6.07, 6.45) is 9.90. The van der Waals surface area contributed by atoms with Crippen molar-refractivity contribution in [2.75, 3.05) is 0 Å². The van der Waals surface area contributed by atoms with Gasteiger partial charge in [-0.25, -0.2) is 4.79 Å². The summed E-state index contributed by atoms with van der Waals surface area (Å²) in [5.41, 5.74) is 0.469. The molecule has 5 nitrogen and oxygen atoms in total. The number of rotatable bonds is 3. The van der Waals surface area contributed by atoms with Crippen LogP contribution >= 0.6 is 0 Å². The SMILES string of the molecule is CC12CC3CC(C1)CC(c1nnc(/C=C/C(=O)O)o1)(C3)C2. The van der Waals surface area contributed by atoms with Gasteiger partial charge in [-0.1, -0.05) is 6.92 Å². The Bertz CT molecular complexity index is 605. The first-order chi connectivity index (χ1) is 9.96. The van der Waals surface area contributed by atoms with Crippen LogP contribution in [0.25, 0.3) is 6.08 Å². The first-order valence-corrected chi connectivity index (χ1v) is 7.71. The second-order valence-electron chi connectivity index (χ2n) is 7.67. The van der Waals surface area contributed by atoms with Gasteiger partial charge >= 0.3 is 5.97 Å². The Hall–Kier alpha value is -1.65. The van der Waals surface area contributed by atoms with Crippen molar-refractivity contribution in [1.82, 2.24) is 10.2 Å². The summed E-state index contributed by atoms with van der Waals surface area (Å²) in [5.74, 6) is 1.61. The average Bonchev–Trinajstić information content (AvgIpc) is 2.82. The Morgan fingerprint density at radius 2 is 2.00 bits per heavy atom. The molecular formula is C16H20N2O3. The zero-order chi connectivity index (χ0) is 14.7. The highest BCUT2D eigenvalue weighted by atomic mass is 16.4. The summed E-state index contributed by atoms with van der Waals surface area (Å²) in [6, 6.07) is 0. The molecule has 1 N–H and O–H groups in total. The number of hydrogen-bond acceptors (Lipinski definition) is 4. The molecule has 1 heterocycles. The molecule has 0 amide bonds. The quantitative estimate of drug-likeness (QED) is 0.865. The topological polar surface area (TPSA) is 76.2 Å². The first kappa shape index (κ1) is 13.0. The van der Waals surface area contributed by atoms with Gasteiger partial charge < -0.3 is 9.52 Å². The third-order valence-electron chi connectivity index (χ3n) is 5.62. The maximum atomic E-state index is 10.6. The Balaban J connectivity index is 1.65. The third-order valence-corrected chi connectivity index (χ3v) is 5.62. The summed E-state index contributed by atoms with van der Waals surface area (Å²) in [6.45, 7) is 2.40. The van der Waals surface area contributed by atoms with E-state index in [0.29, 0.717) is 11.3 Å². The van der Waals surface area contributed by atoms with Crippen LogP contribution in [0.1, 0.15) is 57.2 Å². The highest BCUT2D eigenvalue weighted by Crippen LogP contribution is 2.65. The molecule has 0 spiro atoms. The molecule has 0 aliphatic heterocycles. The molecule has 4 bridgehead atoms. The van der Waals surface area contributed by atoms with E-state index in [9.17, 15) is 4.79 Å². The predicted octanol–water partition coefficient (Wildman–Crippen LogP) is 3.03. The molecule has 21 heavy (non-hydrogen) atoms. The molecule has 0 saturated heterocycles. The molecule has 4 aliphatic rings. The van der Waals surface area contributed by atoms with Gasteiger partial charge in [0.15, 0.2) is 0 Å². The molecule has 5 heteroatoms. The molecule has 0 radical (unpaired) electrons. The largest absolute Gasteiger partial charge is 0.478 e. The van der Waals surface area contributed by atoms with Gasteiger partial charge in [0, 0.05) is 17.6 Å².